The molecule has 6 aromatic carbocycles. The van der Waals surface area contributed by atoms with Crippen molar-refractivity contribution in [1.29, 1.82) is 0 Å². The Hall–Kier alpha value is -5.74. The summed E-state index contributed by atoms with van der Waals surface area (Å²) in [6.45, 7) is 0. The molecule has 0 aliphatic heterocycles. The van der Waals surface area contributed by atoms with Crippen LogP contribution in [0.5, 0.6) is 0 Å². The van der Waals surface area contributed by atoms with E-state index in [-0.39, 0.29) is 0 Å². The second-order valence-corrected chi connectivity index (χ2v) is 11.1. The summed E-state index contributed by atoms with van der Waals surface area (Å²) in [6, 6.07) is 47.7. The van der Waals surface area contributed by atoms with E-state index in [0.29, 0.717) is 0 Å². The smallest absolute Gasteiger partial charge is 0.165 e. The van der Waals surface area contributed by atoms with Crippen LogP contribution in [0.4, 0.5) is 0 Å². The first-order valence-electron chi connectivity index (χ1n) is 14.3. The van der Waals surface area contributed by atoms with Crippen molar-refractivity contribution in [3.63, 3.8) is 0 Å². The van der Waals surface area contributed by atoms with Crippen LogP contribution in [-0.4, -0.2) is 18.9 Å². The third-order valence-electron chi connectivity index (χ3n) is 8.83. The molecule has 10 rings (SSSR count). The molecular formula is C38H22N4. The maximum Gasteiger partial charge on any atom is 0.165 e. The molecule has 0 amide bonds. The average Bonchev–Trinajstić information content (AvgIpc) is 3.68. The quantitative estimate of drug-likeness (QED) is 0.221. The van der Waals surface area contributed by atoms with Crippen LogP contribution in [0.2, 0.25) is 0 Å². The normalized spacial score (nSPS) is 12.3. The SMILES string of the molecule is c1ccc(-n2c3ccccc3c3cc(-c4ccc5c6cccc7c8nc9ccccc9nc8n(c5c4)c67)ccc32)cc1. The topological polar surface area (TPSA) is 35.1 Å². The van der Waals surface area contributed by atoms with Crippen molar-refractivity contribution in [2.45, 2.75) is 0 Å². The molecule has 0 saturated carbocycles. The van der Waals surface area contributed by atoms with Crippen molar-refractivity contribution < 1.29 is 0 Å². The second-order valence-electron chi connectivity index (χ2n) is 11.1. The summed E-state index contributed by atoms with van der Waals surface area (Å²) in [5, 5.41) is 6.12. The fraction of sp³-hybridized carbons (Fsp3) is 0. The minimum absolute atomic E-state index is 0.911. The van der Waals surface area contributed by atoms with Gasteiger partial charge in [-0.1, -0.05) is 84.9 Å². The maximum absolute atomic E-state index is 5.12. The molecule has 0 radical (unpaired) electrons. The molecule has 4 heterocycles. The van der Waals surface area contributed by atoms with Crippen LogP contribution in [0.1, 0.15) is 0 Å². The molecule has 194 valence electrons. The number of aromatic nitrogens is 4. The van der Waals surface area contributed by atoms with Crippen LogP contribution in [0, 0.1) is 0 Å². The lowest BCUT2D eigenvalue weighted by Crippen LogP contribution is -1.92. The number of hydrogen-bond acceptors (Lipinski definition) is 2. The summed E-state index contributed by atoms with van der Waals surface area (Å²) < 4.78 is 4.68. The van der Waals surface area contributed by atoms with Crippen LogP contribution in [0.15, 0.2) is 133 Å². The second kappa shape index (κ2) is 7.93. The number of fused-ring (bicyclic) bond motifs is 10. The van der Waals surface area contributed by atoms with E-state index in [9.17, 15) is 0 Å². The first-order valence-corrected chi connectivity index (χ1v) is 14.3. The zero-order chi connectivity index (χ0) is 27.4. The fourth-order valence-electron chi connectivity index (χ4n) is 6.99. The molecule has 0 N–H and O–H groups in total. The minimum atomic E-state index is 0.911. The zero-order valence-corrected chi connectivity index (χ0v) is 22.5. The van der Waals surface area contributed by atoms with Gasteiger partial charge in [-0.05, 0) is 59.7 Å². The van der Waals surface area contributed by atoms with E-state index in [0.717, 1.165) is 33.1 Å². The molecule has 4 nitrogen and oxygen atoms in total. The maximum atomic E-state index is 5.12. The predicted molar refractivity (Wildman–Crippen MR) is 174 cm³/mol. The molecule has 4 heteroatoms. The Morgan fingerprint density at radius 2 is 1.10 bits per heavy atom. The highest BCUT2D eigenvalue weighted by atomic mass is 15.0. The molecule has 0 aliphatic rings. The van der Waals surface area contributed by atoms with E-state index in [1.165, 1.54) is 54.9 Å². The monoisotopic (exact) mass is 534 g/mol. The van der Waals surface area contributed by atoms with Crippen molar-refractivity contribution in [2.24, 2.45) is 0 Å². The van der Waals surface area contributed by atoms with E-state index >= 15 is 0 Å². The van der Waals surface area contributed by atoms with Crippen molar-refractivity contribution >= 4 is 71.2 Å². The van der Waals surface area contributed by atoms with Crippen molar-refractivity contribution in [3.8, 4) is 16.8 Å². The molecule has 0 bridgehead atoms. The number of para-hydroxylation sites is 5. The summed E-state index contributed by atoms with van der Waals surface area (Å²) in [7, 11) is 0. The summed E-state index contributed by atoms with van der Waals surface area (Å²) in [6.07, 6.45) is 0. The first-order chi connectivity index (χ1) is 20.8. The predicted octanol–water partition coefficient (Wildman–Crippen LogP) is 9.54. The molecule has 0 atom stereocenters. The van der Waals surface area contributed by atoms with Gasteiger partial charge in [-0.2, -0.15) is 0 Å². The van der Waals surface area contributed by atoms with Gasteiger partial charge in [0.1, 0.15) is 5.52 Å². The van der Waals surface area contributed by atoms with Gasteiger partial charge in [-0.15, -0.1) is 0 Å². The van der Waals surface area contributed by atoms with Gasteiger partial charge in [0.2, 0.25) is 0 Å². The summed E-state index contributed by atoms with van der Waals surface area (Å²) in [5.74, 6) is 0. The Kier molecular flexibility index (Phi) is 4.15. The largest absolute Gasteiger partial charge is 0.309 e. The van der Waals surface area contributed by atoms with Crippen LogP contribution >= 0.6 is 0 Å². The fourth-order valence-corrected chi connectivity index (χ4v) is 6.99. The Labute approximate surface area is 240 Å². The number of benzene rings is 6. The van der Waals surface area contributed by atoms with E-state index in [1.54, 1.807) is 0 Å². The van der Waals surface area contributed by atoms with Crippen molar-refractivity contribution in [2.75, 3.05) is 0 Å². The lowest BCUT2D eigenvalue weighted by molar-refractivity contribution is 1.18. The summed E-state index contributed by atoms with van der Waals surface area (Å²) >= 11 is 0. The lowest BCUT2D eigenvalue weighted by Gasteiger charge is -2.08. The van der Waals surface area contributed by atoms with Gasteiger partial charge >= 0.3 is 0 Å². The highest BCUT2D eigenvalue weighted by Crippen LogP contribution is 2.40. The van der Waals surface area contributed by atoms with Crippen LogP contribution in [0.3, 0.4) is 0 Å². The van der Waals surface area contributed by atoms with Gasteiger partial charge < -0.3 is 4.57 Å². The van der Waals surface area contributed by atoms with Crippen LogP contribution in [0.25, 0.3) is 88.0 Å². The molecule has 0 saturated heterocycles. The van der Waals surface area contributed by atoms with Crippen molar-refractivity contribution in [1.82, 2.24) is 18.9 Å². The molecule has 0 aliphatic carbocycles. The molecule has 0 spiro atoms. The van der Waals surface area contributed by atoms with E-state index in [2.05, 4.69) is 118 Å². The first kappa shape index (κ1) is 22.0. The minimum Gasteiger partial charge on any atom is -0.309 e. The molecule has 4 aromatic heterocycles. The highest BCUT2D eigenvalue weighted by Gasteiger charge is 2.20. The molecule has 10 aromatic rings. The van der Waals surface area contributed by atoms with E-state index in [1.807, 2.05) is 24.3 Å². The molecule has 42 heavy (non-hydrogen) atoms. The van der Waals surface area contributed by atoms with E-state index < -0.39 is 0 Å². The zero-order valence-electron chi connectivity index (χ0n) is 22.5. The van der Waals surface area contributed by atoms with Gasteiger partial charge in [0.15, 0.2) is 5.65 Å². The lowest BCUT2D eigenvalue weighted by atomic mass is 10.0. The Balaban J connectivity index is 1.26. The van der Waals surface area contributed by atoms with Gasteiger partial charge in [-0.25, -0.2) is 9.97 Å². The molecule has 0 fully saturated rings. The van der Waals surface area contributed by atoms with Gasteiger partial charge in [0.05, 0.1) is 33.1 Å². The Morgan fingerprint density at radius 1 is 0.429 bits per heavy atom. The van der Waals surface area contributed by atoms with Crippen LogP contribution in [-0.2, 0) is 0 Å². The summed E-state index contributed by atoms with van der Waals surface area (Å²) in [4.78, 5) is 10.2. The third kappa shape index (κ3) is 2.80. The number of nitrogens with zero attached hydrogens (tertiary/aromatic N) is 4. The average molecular weight is 535 g/mol. The van der Waals surface area contributed by atoms with E-state index in [4.69, 9.17) is 9.97 Å². The Bertz CT molecular complexity index is 2680. The highest BCUT2D eigenvalue weighted by molar-refractivity contribution is 6.22. The Morgan fingerprint density at radius 3 is 2.00 bits per heavy atom. The summed E-state index contributed by atoms with van der Waals surface area (Å²) in [5.41, 5.74) is 12.0. The number of rotatable bonds is 2. The van der Waals surface area contributed by atoms with Gasteiger partial charge in [0.25, 0.3) is 0 Å². The van der Waals surface area contributed by atoms with Crippen molar-refractivity contribution in [3.05, 3.63) is 133 Å². The van der Waals surface area contributed by atoms with Gasteiger partial charge in [-0.3, -0.25) is 4.40 Å². The van der Waals surface area contributed by atoms with Crippen LogP contribution < -0.4 is 0 Å². The number of hydrogen-bond donors (Lipinski definition) is 0. The molecular weight excluding hydrogens is 512 g/mol. The van der Waals surface area contributed by atoms with Gasteiger partial charge in [0, 0.05) is 32.6 Å². The standard InChI is InChI=1S/C38H22N4/c1-2-9-25(10-3-1)41-33-16-7-4-11-26(33)30-21-23(18-20-34(30)41)24-17-19-27-28-12-8-13-29-36-38(42(37(28)29)35(27)22-24)40-32-15-6-5-14-31(32)39-36/h1-22H. The third-order valence-corrected chi connectivity index (χ3v) is 8.83. The molecule has 0 unspecified atom stereocenters.